The molecule has 0 unspecified atom stereocenters. The molecule has 1 aliphatic carbocycles. The van der Waals surface area contributed by atoms with Gasteiger partial charge in [0.15, 0.2) is 0 Å². The Bertz CT molecular complexity index is 417. The quantitative estimate of drug-likeness (QED) is 0.810. The number of pyridine rings is 1. The second kappa shape index (κ2) is 4.79. The SMILES string of the molecule is CC(C)c1ncc(OC2CC2)cc1OC(C)(C)C. The molecule has 2 rings (SSSR count). The summed E-state index contributed by atoms with van der Waals surface area (Å²) in [5, 5.41) is 0. The number of aromatic nitrogens is 1. The second-order valence-corrected chi connectivity index (χ2v) is 6.24. The van der Waals surface area contributed by atoms with Gasteiger partial charge in [0.2, 0.25) is 0 Å². The largest absolute Gasteiger partial charge is 0.489 e. The first-order valence-corrected chi connectivity index (χ1v) is 6.71. The van der Waals surface area contributed by atoms with E-state index in [0.29, 0.717) is 12.0 Å². The lowest BCUT2D eigenvalue weighted by molar-refractivity contribution is 0.127. The van der Waals surface area contributed by atoms with Gasteiger partial charge in [-0.15, -0.1) is 0 Å². The molecule has 0 aromatic carbocycles. The van der Waals surface area contributed by atoms with Gasteiger partial charge in [0, 0.05) is 6.07 Å². The average molecular weight is 249 g/mol. The molecule has 0 aliphatic heterocycles. The van der Waals surface area contributed by atoms with Crippen LogP contribution in [0.4, 0.5) is 0 Å². The highest BCUT2D eigenvalue weighted by molar-refractivity contribution is 5.37. The predicted molar refractivity (Wildman–Crippen MR) is 72.4 cm³/mol. The van der Waals surface area contributed by atoms with E-state index in [4.69, 9.17) is 9.47 Å². The topological polar surface area (TPSA) is 31.4 Å². The van der Waals surface area contributed by atoms with Crippen LogP contribution in [0.2, 0.25) is 0 Å². The maximum absolute atomic E-state index is 5.99. The molecule has 3 heteroatoms. The Morgan fingerprint density at radius 1 is 1.28 bits per heavy atom. The van der Waals surface area contributed by atoms with Crippen molar-refractivity contribution < 1.29 is 9.47 Å². The Labute approximate surface area is 110 Å². The fourth-order valence-electron chi connectivity index (χ4n) is 1.73. The molecular formula is C15H23NO2. The highest BCUT2D eigenvalue weighted by Gasteiger charge is 2.25. The van der Waals surface area contributed by atoms with Crippen molar-refractivity contribution in [2.75, 3.05) is 0 Å². The second-order valence-electron chi connectivity index (χ2n) is 6.24. The van der Waals surface area contributed by atoms with Crippen molar-refractivity contribution in [3.8, 4) is 11.5 Å². The molecule has 1 saturated carbocycles. The van der Waals surface area contributed by atoms with Crippen molar-refractivity contribution in [1.29, 1.82) is 0 Å². The van der Waals surface area contributed by atoms with E-state index in [2.05, 4.69) is 18.8 Å². The molecule has 1 aliphatic rings. The van der Waals surface area contributed by atoms with Crippen molar-refractivity contribution in [2.45, 2.75) is 65.1 Å². The van der Waals surface area contributed by atoms with Gasteiger partial charge in [0.25, 0.3) is 0 Å². The van der Waals surface area contributed by atoms with Gasteiger partial charge in [-0.2, -0.15) is 0 Å². The molecule has 1 aromatic rings. The van der Waals surface area contributed by atoms with Crippen LogP contribution in [0.5, 0.6) is 11.5 Å². The van der Waals surface area contributed by atoms with Crippen molar-refractivity contribution in [1.82, 2.24) is 4.98 Å². The first kappa shape index (κ1) is 13.2. The fourth-order valence-corrected chi connectivity index (χ4v) is 1.73. The van der Waals surface area contributed by atoms with Crippen LogP contribution in [0.1, 0.15) is 59.1 Å². The van der Waals surface area contributed by atoms with Gasteiger partial charge >= 0.3 is 0 Å². The number of hydrogen-bond acceptors (Lipinski definition) is 3. The Morgan fingerprint density at radius 2 is 1.94 bits per heavy atom. The maximum atomic E-state index is 5.99. The average Bonchev–Trinajstić information content (AvgIpc) is 2.98. The number of rotatable bonds is 4. The molecule has 100 valence electrons. The molecule has 1 fully saturated rings. The minimum absolute atomic E-state index is 0.219. The van der Waals surface area contributed by atoms with E-state index >= 15 is 0 Å². The van der Waals surface area contributed by atoms with Gasteiger partial charge in [-0.1, -0.05) is 13.8 Å². The predicted octanol–water partition coefficient (Wildman–Crippen LogP) is 3.92. The Hall–Kier alpha value is -1.25. The first-order chi connectivity index (χ1) is 8.35. The van der Waals surface area contributed by atoms with Gasteiger partial charge in [-0.05, 0) is 39.5 Å². The number of nitrogens with zero attached hydrogens (tertiary/aromatic N) is 1. The van der Waals surface area contributed by atoms with E-state index in [1.165, 1.54) is 0 Å². The van der Waals surface area contributed by atoms with Crippen LogP contribution in [0.15, 0.2) is 12.3 Å². The third kappa shape index (κ3) is 3.62. The minimum Gasteiger partial charge on any atom is -0.489 e. The summed E-state index contributed by atoms with van der Waals surface area (Å²) in [5.74, 6) is 2.01. The van der Waals surface area contributed by atoms with E-state index in [0.717, 1.165) is 30.0 Å². The summed E-state index contributed by atoms with van der Waals surface area (Å²) < 4.78 is 11.8. The van der Waals surface area contributed by atoms with Crippen LogP contribution in [0.25, 0.3) is 0 Å². The lowest BCUT2D eigenvalue weighted by Crippen LogP contribution is -2.24. The third-order valence-electron chi connectivity index (χ3n) is 2.65. The standard InChI is InChI=1S/C15H23NO2/c1-10(2)14-13(18-15(3,4)5)8-12(9-16-14)17-11-6-7-11/h8-11H,6-7H2,1-5H3. The molecule has 0 saturated heterocycles. The normalized spacial score (nSPS) is 15.9. The number of ether oxygens (including phenoxy) is 2. The smallest absolute Gasteiger partial charge is 0.145 e. The molecule has 0 bridgehead atoms. The molecule has 1 aromatic heterocycles. The Kier molecular flexibility index (Phi) is 3.51. The van der Waals surface area contributed by atoms with E-state index in [1.807, 2.05) is 33.0 Å². The summed E-state index contributed by atoms with van der Waals surface area (Å²) in [6.45, 7) is 10.4. The van der Waals surface area contributed by atoms with E-state index < -0.39 is 0 Å². The van der Waals surface area contributed by atoms with Crippen LogP contribution in [0, 0.1) is 0 Å². The van der Waals surface area contributed by atoms with Crippen LogP contribution in [-0.4, -0.2) is 16.7 Å². The van der Waals surface area contributed by atoms with E-state index in [1.54, 1.807) is 0 Å². The highest BCUT2D eigenvalue weighted by Crippen LogP contribution is 2.33. The summed E-state index contributed by atoms with van der Waals surface area (Å²) in [4.78, 5) is 4.49. The van der Waals surface area contributed by atoms with Gasteiger partial charge in [-0.25, -0.2) is 0 Å². The van der Waals surface area contributed by atoms with Crippen LogP contribution >= 0.6 is 0 Å². The summed E-state index contributed by atoms with van der Waals surface area (Å²) in [6.07, 6.45) is 4.51. The highest BCUT2D eigenvalue weighted by atomic mass is 16.5. The zero-order valence-corrected chi connectivity index (χ0v) is 12.0. The summed E-state index contributed by atoms with van der Waals surface area (Å²) in [7, 11) is 0. The number of hydrogen-bond donors (Lipinski definition) is 0. The fraction of sp³-hybridized carbons (Fsp3) is 0.667. The molecule has 0 atom stereocenters. The first-order valence-electron chi connectivity index (χ1n) is 6.71. The molecular weight excluding hydrogens is 226 g/mol. The Balaban J connectivity index is 2.24. The Morgan fingerprint density at radius 3 is 2.44 bits per heavy atom. The van der Waals surface area contributed by atoms with Gasteiger partial charge in [-0.3, -0.25) is 4.98 Å². The molecule has 0 N–H and O–H groups in total. The van der Waals surface area contributed by atoms with Crippen molar-refractivity contribution in [3.63, 3.8) is 0 Å². The van der Waals surface area contributed by atoms with Crippen molar-refractivity contribution in [3.05, 3.63) is 18.0 Å². The molecule has 0 amide bonds. The van der Waals surface area contributed by atoms with Crippen LogP contribution < -0.4 is 9.47 Å². The van der Waals surface area contributed by atoms with Gasteiger partial charge in [0.05, 0.1) is 18.0 Å². The summed E-state index contributed by atoms with van der Waals surface area (Å²) in [6, 6.07) is 1.98. The maximum Gasteiger partial charge on any atom is 0.145 e. The van der Waals surface area contributed by atoms with Gasteiger partial charge < -0.3 is 9.47 Å². The zero-order chi connectivity index (χ0) is 13.3. The molecule has 1 heterocycles. The van der Waals surface area contributed by atoms with E-state index in [9.17, 15) is 0 Å². The monoisotopic (exact) mass is 249 g/mol. The van der Waals surface area contributed by atoms with Crippen LogP contribution in [0.3, 0.4) is 0 Å². The van der Waals surface area contributed by atoms with Crippen molar-refractivity contribution in [2.24, 2.45) is 0 Å². The molecule has 18 heavy (non-hydrogen) atoms. The molecule has 0 spiro atoms. The summed E-state index contributed by atoms with van der Waals surface area (Å²) >= 11 is 0. The molecule has 3 nitrogen and oxygen atoms in total. The molecule has 0 radical (unpaired) electrons. The van der Waals surface area contributed by atoms with E-state index in [-0.39, 0.29) is 5.60 Å². The summed E-state index contributed by atoms with van der Waals surface area (Å²) in [5.41, 5.74) is 0.775. The van der Waals surface area contributed by atoms with Crippen LogP contribution in [-0.2, 0) is 0 Å². The third-order valence-corrected chi connectivity index (χ3v) is 2.65. The lowest BCUT2D eigenvalue weighted by Gasteiger charge is -2.24. The zero-order valence-electron chi connectivity index (χ0n) is 12.0. The minimum atomic E-state index is -0.219. The lowest BCUT2D eigenvalue weighted by atomic mass is 10.1. The van der Waals surface area contributed by atoms with Crippen molar-refractivity contribution >= 4 is 0 Å². The van der Waals surface area contributed by atoms with Gasteiger partial charge in [0.1, 0.15) is 17.1 Å².